The number of benzene rings is 2. The molecule has 1 amide bonds. The fourth-order valence-corrected chi connectivity index (χ4v) is 3.76. The summed E-state index contributed by atoms with van der Waals surface area (Å²) >= 11 is 11.0. The van der Waals surface area contributed by atoms with Crippen molar-refractivity contribution in [1.29, 1.82) is 0 Å². The Bertz CT molecular complexity index is 915. The standard InChI is InChI=1S/C19H16BrClN2O2S/c1-12-17(10-13-7-8-15(20)16(21)9-13)26-19(22-12)23-18(24)11-25-14-5-3-2-4-6-14/h2-9H,10-11H2,1H3,(H,22,23,24). The van der Waals surface area contributed by atoms with E-state index in [1.807, 2.05) is 55.5 Å². The third-order valence-corrected chi connectivity index (χ3v) is 5.91. The van der Waals surface area contributed by atoms with Gasteiger partial charge in [0.05, 0.1) is 10.7 Å². The van der Waals surface area contributed by atoms with Gasteiger partial charge in [0.15, 0.2) is 11.7 Å². The van der Waals surface area contributed by atoms with Crippen LogP contribution in [0.15, 0.2) is 53.0 Å². The SMILES string of the molecule is Cc1nc(NC(=O)COc2ccccc2)sc1Cc1ccc(Br)c(Cl)c1. The summed E-state index contributed by atoms with van der Waals surface area (Å²) in [5.41, 5.74) is 1.99. The lowest BCUT2D eigenvalue weighted by atomic mass is 10.1. The third-order valence-electron chi connectivity index (χ3n) is 3.60. The molecule has 0 spiro atoms. The summed E-state index contributed by atoms with van der Waals surface area (Å²) in [4.78, 5) is 17.6. The van der Waals surface area contributed by atoms with E-state index < -0.39 is 0 Å². The normalized spacial score (nSPS) is 10.6. The van der Waals surface area contributed by atoms with E-state index in [9.17, 15) is 4.79 Å². The quantitative estimate of drug-likeness (QED) is 0.540. The van der Waals surface area contributed by atoms with Crippen LogP contribution in [0.1, 0.15) is 16.1 Å². The number of nitrogens with zero attached hydrogens (tertiary/aromatic N) is 1. The molecule has 0 aliphatic heterocycles. The fraction of sp³-hybridized carbons (Fsp3) is 0.158. The van der Waals surface area contributed by atoms with Crippen molar-refractivity contribution in [2.45, 2.75) is 13.3 Å². The first kappa shape index (κ1) is 18.9. The van der Waals surface area contributed by atoms with Crippen molar-refractivity contribution in [1.82, 2.24) is 4.98 Å². The topological polar surface area (TPSA) is 51.2 Å². The van der Waals surface area contributed by atoms with Gasteiger partial charge >= 0.3 is 0 Å². The number of para-hydroxylation sites is 1. The number of carbonyl (C=O) groups is 1. The number of hydrogen-bond donors (Lipinski definition) is 1. The third kappa shape index (κ3) is 5.06. The summed E-state index contributed by atoms with van der Waals surface area (Å²) < 4.78 is 6.31. The highest BCUT2D eigenvalue weighted by atomic mass is 79.9. The monoisotopic (exact) mass is 450 g/mol. The number of rotatable bonds is 6. The molecule has 0 aliphatic rings. The number of aromatic nitrogens is 1. The summed E-state index contributed by atoms with van der Waals surface area (Å²) in [6.07, 6.45) is 0.715. The van der Waals surface area contributed by atoms with Crippen LogP contribution < -0.4 is 10.1 Å². The number of carbonyl (C=O) groups excluding carboxylic acids is 1. The zero-order valence-corrected chi connectivity index (χ0v) is 17.1. The van der Waals surface area contributed by atoms with E-state index in [1.165, 1.54) is 11.3 Å². The highest BCUT2D eigenvalue weighted by Crippen LogP contribution is 2.28. The zero-order chi connectivity index (χ0) is 18.5. The van der Waals surface area contributed by atoms with Crippen LogP contribution >= 0.6 is 38.9 Å². The van der Waals surface area contributed by atoms with E-state index in [1.54, 1.807) is 0 Å². The van der Waals surface area contributed by atoms with Gasteiger partial charge in [-0.3, -0.25) is 10.1 Å². The van der Waals surface area contributed by atoms with E-state index >= 15 is 0 Å². The number of amides is 1. The molecule has 0 unspecified atom stereocenters. The molecule has 0 aliphatic carbocycles. The van der Waals surface area contributed by atoms with Crippen molar-refractivity contribution in [3.8, 4) is 5.75 Å². The second-order valence-corrected chi connectivity index (χ2v) is 7.95. The number of anilines is 1. The van der Waals surface area contributed by atoms with Crippen LogP contribution in [0.3, 0.4) is 0 Å². The Morgan fingerprint density at radius 1 is 1.27 bits per heavy atom. The summed E-state index contributed by atoms with van der Waals surface area (Å²) in [7, 11) is 0. The smallest absolute Gasteiger partial charge is 0.264 e. The highest BCUT2D eigenvalue weighted by Gasteiger charge is 2.12. The maximum absolute atomic E-state index is 12.1. The Hall–Kier alpha value is -1.89. The van der Waals surface area contributed by atoms with Gasteiger partial charge in [-0.25, -0.2) is 4.98 Å². The molecule has 7 heteroatoms. The van der Waals surface area contributed by atoms with Crippen molar-refractivity contribution >= 4 is 49.9 Å². The average molecular weight is 452 g/mol. The molecule has 0 atom stereocenters. The van der Waals surface area contributed by atoms with Gasteiger partial charge in [0.2, 0.25) is 0 Å². The van der Waals surface area contributed by atoms with Crippen LogP contribution in [0.4, 0.5) is 5.13 Å². The number of aryl methyl sites for hydroxylation is 1. The molecule has 4 nitrogen and oxygen atoms in total. The first-order chi connectivity index (χ1) is 12.5. The molecule has 2 aromatic carbocycles. The Labute approximate surface area is 169 Å². The first-order valence-electron chi connectivity index (χ1n) is 7.89. The fourth-order valence-electron chi connectivity index (χ4n) is 2.30. The molecule has 3 aromatic rings. The van der Waals surface area contributed by atoms with Gasteiger partial charge in [0.1, 0.15) is 5.75 Å². The molecular weight excluding hydrogens is 436 g/mol. The van der Waals surface area contributed by atoms with Crippen LogP contribution in [0.5, 0.6) is 5.75 Å². The molecule has 0 bridgehead atoms. The summed E-state index contributed by atoms with van der Waals surface area (Å²) in [5, 5.41) is 4.04. The molecule has 0 saturated heterocycles. The molecule has 0 radical (unpaired) electrons. The molecular formula is C19H16BrClN2O2S. The van der Waals surface area contributed by atoms with Gasteiger partial charge in [-0.05, 0) is 52.7 Å². The minimum atomic E-state index is -0.235. The highest BCUT2D eigenvalue weighted by molar-refractivity contribution is 9.10. The predicted octanol–water partition coefficient (Wildman–Crippen LogP) is 5.48. The number of thiazole rings is 1. The zero-order valence-electron chi connectivity index (χ0n) is 14.0. The van der Waals surface area contributed by atoms with Crippen molar-refractivity contribution in [2.24, 2.45) is 0 Å². The van der Waals surface area contributed by atoms with Gasteiger partial charge in [-0.15, -0.1) is 11.3 Å². The number of ether oxygens (including phenoxy) is 1. The number of hydrogen-bond acceptors (Lipinski definition) is 4. The van der Waals surface area contributed by atoms with Gasteiger partial charge in [-0.1, -0.05) is 35.9 Å². The van der Waals surface area contributed by atoms with Crippen LogP contribution in [-0.4, -0.2) is 17.5 Å². The van der Waals surface area contributed by atoms with Crippen LogP contribution in [0.2, 0.25) is 5.02 Å². The van der Waals surface area contributed by atoms with E-state index in [0.29, 0.717) is 22.3 Å². The molecule has 1 N–H and O–H groups in total. The summed E-state index contributed by atoms with van der Waals surface area (Å²) in [5.74, 6) is 0.423. The lowest BCUT2D eigenvalue weighted by Crippen LogP contribution is -2.20. The minimum Gasteiger partial charge on any atom is -0.484 e. The lowest BCUT2D eigenvalue weighted by molar-refractivity contribution is -0.118. The van der Waals surface area contributed by atoms with E-state index in [0.717, 1.165) is 20.6 Å². The van der Waals surface area contributed by atoms with Gasteiger partial charge in [0, 0.05) is 15.8 Å². The molecule has 0 saturated carbocycles. The Morgan fingerprint density at radius 2 is 2.04 bits per heavy atom. The van der Waals surface area contributed by atoms with Crippen LogP contribution in [-0.2, 0) is 11.2 Å². The van der Waals surface area contributed by atoms with Gasteiger partial charge < -0.3 is 4.74 Å². The average Bonchev–Trinajstić information content (AvgIpc) is 2.96. The molecule has 0 fully saturated rings. The maximum Gasteiger partial charge on any atom is 0.264 e. The van der Waals surface area contributed by atoms with E-state index in [2.05, 4.69) is 26.2 Å². The van der Waals surface area contributed by atoms with Gasteiger partial charge in [0.25, 0.3) is 5.91 Å². The van der Waals surface area contributed by atoms with Crippen molar-refractivity contribution in [2.75, 3.05) is 11.9 Å². The maximum atomic E-state index is 12.1. The molecule has 1 aromatic heterocycles. The van der Waals surface area contributed by atoms with Gasteiger partial charge in [-0.2, -0.15) is 0 Å². The second-order valence-electron chi connectivity index (χ2n) is 5.60. The molecule has 134 valence electrons. The number of halogens is 2. The molecule has 1 heterocycles. The molecule has 3 rings (SSSR count). The largest absolute Gasteiger partial charge is 0.484 e. The van der Waals surface area contributed by atoms with E-state index in [4.69, 9.17) is 16.3 Å². The lowest BCUT2D eigenvalue weighted by Gasteiger charge is -2.05. The second kappa shape index (κ2) is 8.66. The van der Waals surface area contributed by atoms with Crippen molar-refractivity contribution in [3.63, 3.8) is 0 Å². The van der Waals surface area contributed by atoms with Crippen molar-refractivity contribution in [3.05, 3.63) is 74.2 Å². The summed E-state index contributed by atoms with van der Waals surface area (Å²) in [6.45, 7) is 1.88. The Balaban J connectivity index is 1.60. The van der Waals surface area contributed by atoms with Crippen LogP contribution in [0.25, 0.3) is 0 Å². The summed E-state index contributed by atoms with van der Waals surface area (Å²) in [6, 6.07) is 15.1. The Kier molecular flexibility index (Phi) is 6.29. The molecule has 26 heavy (non-hydrogen) atoms. The minimum absolute atomic E-state index is 0.0553. The van der Waals surface area contributed by atoms with E-state index in [-0.39, 0.29) is 12.5 Å². The number of nitrogens with one attached hydrogen (secondary N) is 1. The van der Waals surface area contributed by atoms with Crippen molar-refractivity contribution < 1.29 is 9.53 Å². The first-order valence-corrected chi connectivity index (χ1v) is 9.88. The predicted molar refractivity (Wildman–Crippen MR) is 109 cm³/mol. The Morgan fingerprint density at radius 3 is 2.77 bits per heavy atom. The van der Waals surface area contributed by atoms with Crippen LogP contribution in [0, 0.1) is 6.92 Å².